The Morgan fingerprint density at radius 1 is 0.279 bits per heavy atom. The lowest BCUT2D eigenvalue weighted by Gasteiger charge is -2.21. The molecular formula is C85H138O17P2. The minimum absolute atomic E-state index is 0.0331. The van der Waals surface area contributed by atoms with E-state index in [-0.39, 0.29) is 25.7 Å². The number of ether oxygens (including phenoxy) is 4. The van der Waals surface area contributed by atoms with Gasteiger partial charge in [0, 0.05) is 25.7 Å². The van der Waals surface area contributed by atoms with Crippen molar-refractivity contribution in [3.05, 3.63) is 170 Å². The van der Waals surface area contributed by atoms with Gasteiger partial charge in [-0.3, -0.25) is 37.3 Å². The molecule has 0 aromatic rings. The molecule has 0 radical (unpaired) electrons. The van der Waals surface area contributed by atoms with E-state index in [1.54, 1.807) is 0 Å². The fraction of sp³-hybridized carbons (Fsp3) is 0.624. The number of aliphatic hydroxyl groups excluding tert-OH is 1. The smallest absolute Gasteiger partial charge is 0.462 e. The second kappa shape index (κ2) is 75.6. The van der Waals surface area contributed by atoms with Crippen LogP contribution in [0, 0.1) is 0 Å². The lowest BCUT2D eigenvalue weighted by molar-refractivity contribution is -0.161. The Hall–Kier alpha value is -5.58. The van der Waals surface area contributed by atoms with Crippen LogP contribution in [0.4, 0.5) is 0 Å². The summed E-state index contributed by atoms with van der Waals surface area (Å²) in [5.41, 5.74) is 0. The van der Waals surface area contributed by atoms with Crippen LogP contribution in [0.2, 0.25) is 0 Å². The van der Waals surface area contributed by atoms with E-state index in [0.717, 1.165) is 173 Å². The second-order valence-electron chi connectivity index (χ2n) is 25.5. The Morgan fingerprint density at radius 3 is 0.827 bits per heavy atom. The molecule has 104 heavy (non-hydrogen) atoms. The van der Waals surface area contributed by atoms with E-state index in [9.17, 15) is 43.2 Å². The Balaban J connectivity index is 5.48. The quantitative estimate of drug-likeness (QED) is 0.0169. The van der Waals surface area contributed by atoms with Crippen molar-refractivity contribution in [1.29, 1.82) is 0 Å². The molecule has 19 heteroatoms. The summed E-state index contributed by atoms with van der Waals surface area (Å²) in [5.74, 6) is -2.33. The average molecular weight is 1490 g/mol. The van der Waals surface area contributed by atoms with Gasteiger partial charge in [0.2, 0.25) is 0 Å². The lowest BCUT2D eigenvalue weighted by Crippen LogP contribution is -2.30. The number of rotatable bonds is 72. The van der Waals surface area contributed by atoms with E-state index in [2.05, 4.69) is 186 Å². The highest BCUT2D eigenvalue weighted by molar-refractivity contribution is 7.47. The van der Waals surface area contributed by atoms with Crippen LogP contribution >= 0.6 is 15.6 Å². The molecule has 0 spiro atoms. The topological polar surface area (TPSA) is 237 Å². The minimum atomic E-state index is -5.00. The first-order valence-electron chi connectivity index (χ1n) is 39.4. The molecule has 5 atom stereocenters. The number of carbonyl (C=O) groups excluding carboxylic acids is 4. The molecule has 0 aliphatic heterocycles. The van der Waals surface area contributed by atoms with Crippen LogP contribution < -0.4 is 0 Å². The van der Waals surface area contributed by atoms with Gasteiger partial charge < -0.3 is 33.8 Å². The van der Waals surface area contributed by atoms with E-state index in [4.69, 9.17) is 37.0 Å². The molecule has 0 heterocycles. The van der Waals surface area contributed by atoms with E-state index in [1.165, 1.54) is 19.3 Å². The van der Waals surface area contributed by atoms with Gasteiger partial charge in [0.25, 0.3) is 0 Å². The van der Waals surface area contributed by atoms with Crippen molar-refractivity contribution in [2.24, 2.45) is 0 Å². The van der Waals surface area contributed by atoms with Crippen LogP contribution in [0.15, 0.2) is 170 Å². The van der Waals surface area contributed by atoms with Gasteiger partial charge in [-0.15, -0.1) is 0 Å². The van der Waals surface area contributed by atoms with E-state index < -0.39 is 97.5 Å². The maximum Gasteiger partial charge on any atom is 0.472 e. The van der Waals surface area contributed by atoms with Crippen molar-refractivity contribution >= 4 is 39.5 Å². The van der Waals surface area contributed by atoms with Gasteiger partial charge in [-0.05, 0) is 167 Å². The summed E-state index contributed by atoms with van der Waals surface area (Å²) in [6.45, 7) is 4.35. The number of phosphoric acid groups is 2. The van der Waals surface area contributed by atoms with Crippen LogP contribution in [0.25, 0.3) is 0 Å². The SMILES string of the molecule is CC/C=C\C/C=C\C/C=C\C/C=C\C/C=C\CCCC(=O)OCC(COP(=O)(O)OCC(O)COP(=O)(O)OCC(COC(=O)CCCCCCCCC/C=C\C/C=C\C/C=C\CC)OC(=O)CCCC/C=C\C/C=C\C/C=C\C/C=C\CC)OC(=O)CCCCCCC/C=C\C/C=C\CCCCC. The minimum Gasteiger partial charge on any atom is -0.462 e. The Bertz CT molecular complexity index is 2640. The van der Waals surface area contributed by atoms with E-state index in [0.29, 0.717) is 38.5 Å². The molecule has 0 bridgehead atoms. The number of phosphoric ester groups is 2. The van der Waals surface area contributed by atoms with E-state index in [1.807, 2.05) is 12.2 Å². The van der Waals surface area contributed by atoms with Gasteiger partial charge in [0.15, 0.2) is 12.2 Å². The van der Waals surface area contributed by atoms with Crippen LogP contribution in [0.1, 0.15) is 285 Å². The predicted octanol–water partition coefficient (Wildman–Crippen LogP) is 23.0. The summed E-state index contributed by atoms with van der Waals surface area (Å²) >= 11 is 0. The first-order valence-corrected chi connectivity index (χ1v) is 42.4. The van der Waals surface area contributed by atoms with Crippen LogP contribution in [-0.4, -0.2) is 96.7 Å². The van der Waals surface area contributed by atoms with Gasteiger partial charge >= 0.3 is 39.5 Å². The van der Waals surface area contributed by atoms with Gasteiger partial charge in [-0.2, -0.15) is 0 Å². The molecule has 0 aliphatic rings. The summed E-state index contributed by atoms with van der Waals surface area (Å²) in [7, 11) is -10.0. The standard InChI is InChI=1S/C85H138O17P2/c1-5-9-13-17-21-25-29-33-37-39-43-45-49-53-57-61-65-69-82(87)95-75-80(101-84(89)71-67-63-59-55-51-47-41-35-31-27-23-19-15-11-7-3)77-99-103(91,92)97-73-79(86)74-98-104(93,94)100-78-81(102-85(90)72-68-64-60-56-52-48-42-36-32-28-24-20-16-12-8-4)76-96-83(88)70-66-62-58-54-50-46-44-40-38-34-30-26-22-18-14-10-6-2/h9-11,13-15,21-28,33-38,41-42,44,46,51,54-55,58,79-81,86H,5-8,12,16-20,29-32,39-40,43,45,47-50,52-53,56-57,59-78H2,1-4H3,(H,91,92)(H,93,94)/b13-9-,14-10-,15-11-,25-21-,26-22-,27-23-,28-24-,37-33-,38-34-,41-35-,42-36-,46-44-,55-51-,58-54-. The number of aliphatic hydroxyl groups is 1. The molecule has 0 saturated heterocycles. The van der Waals surface area contributed by atoms with Gasteiger partial charge in [0.1, 0.15) is 19.3 Å². The largest absolute Gasteiger partial charge is 0.472 e. The molecule has 17 nitrogen and oxygen atoms in total. The van der Waals surface area contributed by atoms with Crippen LogP contribution in [-0.2, 0) is 65.4 Å². The Kier molecular flexibility index (Phi) is 71.6. The predicted molar refractivity (Wildman–Crippen MR) is 426 cm³/mol. The van der Waals surface area contributed by atoms with E-state index >= 15 is 0 Å². The first-order chi connectivity index (χ1) is 50.7. The Morgan fingerprint density at radius 2 is 0.510 bits per heavy atom. The summed E-state index contributed by atoms with van der Waals surface area (Å²) in [6.07, 6.45) is 89.2. The van der Waals surface area contributed by atoms with Crippen molar-refractivity contribution in [2.75, 3.05) is 39.6 Å². The number of hydrogen-bond donors (Lipinski definition) is 3. The molecule has 5 unspecified atom stereocenters. The summed E-state index contributed by atoms with van der Waals surface area (Å²) in [4.78, 5) is 73.0. The number of carbonyl (C=O) groups is 4. The number of esters is 4. The third-order valence-electron chi connectivity index (χ3n) is 15.7. The maximum atomic E-state index is 13.1. The molecule has 3 N–H and O–H groups in total. The van der Waals surface area contributed by atoms with Gasteiger partial charge in [0.05, 0.1) is 26.4 Å². The molecular weight excluding hydrogens is 1350 g/mol. The zero-order chi connectivity index (χ0) is 76.0. The highest BCUT2D eigenvalue weighted by Crippen LogP contribution is 2.45. The lowest BCUT2D eigenvalue weighted by atomic mass is 10.1. The maximum absolute atomic E-state index is 13.1. The van der Waals surface area contributed by atoms with Gasteiger partial charge in [-0.25, -0.2) is 9.13 Å². The highest BCUT2D eigenvalue weighted by Gasteiger charge is 2.30. The number of allylic oxidation sites excluding steroid dienone is 28. The average Bonchev–Trinajstić information content (AvgIpc) is 0.937. The third kappa shape index (κ3) is 74.7. The third-order valence-corrected chi connectivity index (χ3v) is 17.6. The molecule has 0 amide bonds. The normalized spacial score (nSPS) is 14.8. The zero-order valence-corrected chi connectivity index (χ0v) is 66.2. The van der Waals surface area contributed by atoms with Crippen molar-refractivity contribution in [3.8, 4) is 0 Å². The summed E-state index contributed by atoms with van der Waals surface area (Å²) in [6, 6.07) is 0. The highest BCUT2D eigenvalue weighted by atomic mass is 31.2. The fourth-order valence-corrected chi connectivity index (χ4v) is 11.3. The summed E-state index contributed by atoms with van der Waals surface area (Å²) in [5, 5.41) is 10.6. The van der Waals surface area contributed by atoms with Crippen LogP contribution in [0.3, 0.4) is 0 Å². The second-order valence-corrected chi connectivity index (χ2v) is 28.4. The van der Waals surface area contributed by atoms with Crippen LogP contribution in [0.5, 0.6) is 0 Å². The molecule has 0 aromatic carbocycles. The molecule has 590 valence electrons. The molecule has 0 aliphatic carbocycles. The van der Waals surface area contributed by atoms with Gasteiger partial charge in [-0.1, -0.05) is 262 Å². The van der Waals surface area contributed by atoms with Crippen molar-refractivity contribution in [2.45, 2.75) is 303 Å². The van der Waals surface area contributed by atoms with Crippen molar-refractivity contribution < 1.29 is 80.2 Å². The van der Waals surface area contributed by atoms with Crippen molar-refractivity contribution in [1.82, 2.24) is 0 Å². The molecule has 0 fully saturated rings. The molecule has 0 aromatic heterocycles. The fourth-order valence-electron chi connectivity index (χ4n) is 9.76. The Labute approximate surface area is 629 Å². The summed E-state index contributed by atoms with van der Waals surface area (Å²) < 4.78 is 68.5. The monoisotopic (exact) mass is 1490 g/mol. The first kappa shape index (κ1) is 98.4. The van der Waals surface area contributed by atoms with Crippen molar-refractivity contribution in [3.63, 3.8) is 0 Å². The molecule has 0 saturated carbocycles. The zero-order valence-electron chi connectivity index (χ0n) is 64.4. The number of unbranched alkanes of at least 4 members (excludes halogenated alkanes) is 18. The molecule has 0 rings (SSSR count). The number of hydrogen-bond acceptors (Lipinski definition) is 15.